The maximum absolute atomic E-state index is 12.4. The van der Waals surface area contributed by atoms with Crippen LogP contribution >= 0.6 is 0 Å². The Morgan fingerprint density at radius 3 is 2.89 bits per heavy atom. The summed E-state index contributed by atoms with van der Waals surface area (Å²) in [5, 5.41) is 18.8. The largest absolute Gasteiger partial charge is 0.493 e. The molecule has 2 unspecified atom stereocenters. The number of amides is 2. The van der Waals surface area contributed by atoms with E-state index >= 15 is 0 Å². The molecule has 0 aliphatic carbocycles. The summed E-state index contributed by atoms with van der Waals surface area (Å²) in [6.45, 7) is 1.65. The Morgan fingerprint density at radius 1 is 1.14 bits per heavy atom. The number of hydrogen-bond acceptors (Lipinski definition) is 7. The molecule has 9 nitrogen and oxygen atoms in total. The summed E-state index contributed by atoms with van der Waals surface area (Å²) in [6, 6.07) is 13.4. The minimum atomic E-state index is -0.620. The summed E-state index contributed by atoms with van der Waals surface area (Å²) in [4.78, 5) is 30.8. The Hall–Kier alpha value is -3.43. The van der Waals surface area contributed by atoms with E-state index in [2.05, 4.69) is 33.1 Å². The number of unbranched alkanes of at least 4 members (excludes halogenated alkanes) is 3. The number of aliphatic hydroxyl groups is 1. The molecule has 0 spiro atoms. The van der Waals surface area contributed by atoms with Crippen molar-refractivity contribution < 1.29 is 19.4 Å². The van der Waals surface area contributed by atoms with Gasteiger partial charge in [0, 0.05) is 18.5 Å². The molecule has 3 aliphatic heterocycles. The predicted molar refractivity (Wildman–Crippen MR) is 136 cm³/mol. The van der Waals surface area contributed by atoms with Crippen molar-refractivity contribution in [2.45, 2.75) is 57.3 Å². The molecule has 0 radical (unpaired) electrons. The summed E-state index contributed by atoms with van der Waals surface area (Å²) in [5.74, 6) is 1.08. The lowest BCUT2D eigenvalue weighted by Crippen LogP contribution is -2.42. The van der Waals surface area contributed by atoms with E-state index in [0.29, 0.717) is 25.5 Å². The lowest BCUT2D eigenvalue weighted by molar-refractivity contribution is -0.123. The molecule has 2 amide bonds. The van der Waals surface area contributed by atoms with Gasteiger partial charge in [-0.3, -0.25) is 20.2 Å². The van der Waals surface area contributed by atoms with Crippen LogP contribution in [0.5, 0.6) is 5.75 Å². The van der Waals surface area contributed by atoms with Gasteiger partial charge in [-0.1, -0.05) is 43.2 Å². The fraction of sp³-hybridized carbons (Fsp3) is 0.444. The summed E-state index contributed by atoms with van der Waals surface area (Å²) in [5.41, 5.74) is 4.16. The minimum Gasteiger partial charge on any atom is -0.493 e. The van der Waals surface area contributed by atoms with E-state index in [1.54, 1.807) is 4.90 Å². The lowest BCUT2D eigenvalue weighted by Gasteiger charge is -2.28. The van der Waals surface area contributed by atoms with Crippen LogP contribution in [0.2, 0.25) is 0 Å². The molecule has 9 heteroatoms. The number of fused-ring (bicyclic) bond motifs is 3. The van der Waals surface area contributed by atoms with E-state index in [1.165, 1.54) is 11.1 Å². The second-order valence-electron chi connectivity index (χ2n) is 9.42. The number of carbonyl (C=O) groups is 2. The molecule has 0 saturated carbocycles. The van der Waals surface area contributed by atoms with Crippen molar-refractivity contribution in [1.82, 2.24) is 20.9 Å². The van der Waals surface area contributed by atoms with E-state index in [-0.39, 0.29) is 24.6 Å². The van der Waals surface area contributed by atoms with Crippen molar-refractivity contribution in [3.05, 3.63) is 59.2 Å². The van der Waals surface area contributed by atoms with Crippen molar-refractivity contribution in [3.8, 4) is 5.75 Å². The molecule has 36 heavy (non-hydrogen) atoms. The number of rotatable bonds is 10. The highest BCUT2D eigenvalue weighted by molar-refractivity contribution is 6.07. The van der Waals surface area contributed by atoms with E-state index in [9.17, 15) is 14.7 Å². The van der Waals surface area contributed by atoms with Gasteiger partial charge >= 0.3 is 0 Å². The zero-order valence-electron chi connectivity index (χ0n) is 20.3. The van der Waals surface area contributed by atoms with Gasteiger partial charge in [-0.2, -0.15) is 0 Å². The van der Waals surface area contributed by atoms with Crippen LogP contribution < -0.4 is 20.7 Å². The third-order valence-corrected chi connectivity index (χ3v) is 6.99. The molecule has 3 heterocycles. The quantitative estimate of drug-likeness (QED) is 0.379. The second kappa shape index (κ2) is 11.1. The molecule has 1 saturated heterocycles. The number of hydrogen-bond donors (Lipinski definition) is 4. The maximum Gasteiger partial charge on any atom is 0.251 e. The highest BCUT2D eigenvalue weighted by atomic mass is 16.5. The first kappa shape index (κ1) is 24.3. The van der Waals surface area contributed by atoms with Gasteiger partial charge in [0.25, 0.3) is 5.91 Å². The van der Waals surface area contributed by atoms with Gasteiger partial charge in [-0.05, 0) is 42.5 Å². The van der Waals surface area contributed by atoms with Crippen LogP contribution in [0.3, 0.4) is 0 Å². The highest BCUT2D eigenvalue weighted by Gasteiger charge is 2.39. The second-order valence-corrected chi connectivity index (χ2v) is 9.42. The Balaban J connectivity index is 1.03. The van der Waals surface area contributed by atoms with Crippen molar-refractivity contribution in [3.63, 3.8) is 0 Å². The average molecular weight is 492 g/mol. The Labute approximate surface area is 210 Å². The monoisotopic (exact) mass is 491 g/mol. The summed E-state index contributed by atoms with van der Waals surface area (Å²) >= 11 is 0. The van der Waals surface area contributed by atoms with E-state index < -0.39 is 6.04 Å². The summed E-state index contributed by atoms with van der Waals surface area (Å²) in [7, 11) is 0. The van der Waals surface area contributed by atoms with Gasteiger partial charge in [0.05, 0.1) is 25.4 Å². The normalized spacial score (nSPS) is 20.1. The maximum atomic E-state index is 12.4. The molecular weight excluding hydrogens is 458 g/mol. The fourth-order valence-electron chi connectivity index (χ4n) is 5.04. The molecule has 0 bridgehead atoms. The number of nitrogens with zero attached hydrogens (tertiary/aromatic N) is 2. The van der Waals surface area contributed by atoms with Crippen LogP contribution in [0.25, 0.3) is 0 Å². The third-order valence-electron chi connectivity index (χ3n) is 6.99. The van der Waals surface area contributed by atoms with Crippen molar-refractivity contribution in [1.29, 1.82) is 0 Å². The van der Waals surface area contributed by atoms with Gasteiger partial charge in [-0.25, -0.2) is 4.99 Å². The molecule has 0 aromatic heterocycles. The molecule has 3 aliphatic rings. The molecular formula is C27H33N5O4. The van der Waals surface area contributed by atoms with Crippen molar-refractivity contribution in [2.75, 3.05) is 19.8 Å². The van der Waals surface area contributed by atoms with Gasteiger partial charge in [-0.15, -0.1) is 0 Å². The Bertz CT molecular complexity index is 1150. The van der Waals surface area contributed by atoms with E-state index in [1.807, 2.05) is 30.3 Å². The van der Waals surface area contributed by atoms with Crippen LogP contribution in [0.15, 0.2) is 47.5 Å². The predicted octanol–water partition coefficient (Wildman–Crippen LogP) is 2.27. The Morgan fingerprint density at radius 2 is 2.00 bits per heavy atom. The first-order valence-corrected chi connectivity index (χ1v) is 12.8. The molecule has 2 aromatic rings. The molecule has 1 fully saturated rings. The van der Waals surface area contributed by atoms with Crippen LogP contribution in [0.1, 0.15) is 55.0 Å². The molecule has 4 N–H and O–H groups in total. The number of benzene rings is 2. The van der Waals surface area contributed by atoms with E-state index in [0.717, 1.165) is 55.6 Å². The van der Waals surface area contributed by atoms with Gasteiger partial charge in [0.1, 0.15) is 18.0 Å². The number of carbonyl (C=O) groups excluding carboxylic acids is 2. The van der Waals surface area contributed by atoms with Gasteiger partial charge in [0.2, 0.25) is 11.9 Å². The lowest BCUT2D eigenvalue weighted by atomic mass is 9.98. The van der Waals surface area contributed by atoms with Crippen molar-refractivity contribution in [2.24, 2.45) is 4.99 Å². The summed E-state index contributed by atoms with van der Waals surface area (Å²) in [6.07, 6.45) is 5.08. The minimum absolute atomic E-state index is 0.0763. The molecule has 2 atom stereocenters. The first-order chi connectivity index (χ1) is 17.6. The SMILES string of the molecule is O=C(CCCCCCOc1cccc2c1CN1C(=N2)NC(=O)C1CO)NC1NCCc2ccccc21. The topological polar surface area (TPSA) is 115 Å². The van der Waals surface area contributed by atoms with Crippen LogP contribution in [0.4, 0.5) is 5.69 Å². The van der Waals surface area contributed by atoms with Crippen LogP contribution in [-0.2, 0) is 22.6 Å². The fourth-order valence-corrected chi connectivity index (χ4v) is 5.04. The highest BCUT2D eigenvalue weighted by Crippen LogP contribution is 2.35. The zero-order valence-corrected chi connectivity index (χ0v) is 20.3. The zero-order chi connectivity index (χ0) is 24.9. The van der Waals surface area contributed by atoms with E-state index in [4.69, 9.17) is 4.74 Å². The summed E-state index contributed by atoms with van der Waals surface area (Å²) < 4.78 is 6.06. The van der Waals surface area contributed by atoms with Gasteiger partial charge < -0.3 is 20.1 Å². The molecule has 2 aromatic carbocycles. The standard InChI is InChI=1S/C27H33N5O4/c33-17-22-26(35)31-27-29-21-10-7-11-23(20(21)16-32(22)27)36-15-6-2-1-3-12-24(34)30-25-19-9-5-4-8-18(19)13-14-28-25/h4-5,7-11,22,25,28,33H,1-3,6,12-17H2,(H,30,34)(H,29,31,35). The average Bonchev–Trinajstić information content (AvgIpc) is 3.20. The number of aliphatic hydroxyl groups excluding tert-OH is 1. The first-order valence-electron chi connectivity index (χ1n) is 12.8. The number of aliphatic imine (C=N–C) groups is 1. The molecule has 5 rings (SSSR count). The van der Waals surface area contributed by atoms with Crippen LogP contribution in [-0.4, -0.2) is 53.6 Å². The number of guanidine groups is 1. The molecule has 190 valence electrons. The van der Waals surface area contributed by atoms with Gasteiger partial charge in [0.15, 0.2) is 0 Å². The third kappa shape index (κ3) is 5.22. The van der Waals surface area contributed by atoms with Crippen molar-refractivity contribution >= 4 is 23.5 Å². The Kier molecular flexibility index (Phi) is 7.48. The number of nitrogens with one attached hydrogen (secondary N) is 3. The van der Waals surface area contributed by atoms with Crippen LogP contribution in [0, 0.1) is 0 Å². The number of ether oxygens (including phenoxy) is 1. The smallest absolute Gasteiger partial charge is 0.251 e.